The molecule has 7 nitrogen and oxygen atoms in total. The molecule has 200 valence electrons. The van der Waals surface area contributed by atoms with E-state index in [0.29, 0.717) is 10.8 Å². The van der Waals surface area contributed by atoms with E-state index in [2.05, 4.69) is 11.6 Å². The van der Waals surface area contributed by atoms with E-state index in [1.54, 1.807) is 12.1 Å². The van der Waals surface area contributed by atoms with Crippen LogP contribution in [0.3, 0.4) is 0 Å². The molecule has 1 fully saturated rings. The highest BCUT2D eigenvalue weighted by molar-refractivity contribution is 7.90. The molecule has 5 rings (SSSR count). The fraction of sp³-hybridized carbons (Fsp3) is 0.345. The number of carbonyl (C=O) groups excluding carboxylic acids is 1. The van der Waals surface area contributed by atoms with E-state index in [1.165, 1.54) is 24.3 Å². The molecule has 1 saturated heterocycles. The first-order chi connectivity index (χ1) is 18.0. The number of ether oxygens (including phenoxy) is 3. The molecular formula is C29H30ClNO6S. The van der Waals surface area contributed by atoms with Gasteiger partial charge < -0.3 is 14.2 Å². The zero-order chi connectivity index (χ0) is 27.1. The fourth-order valence-electron chi connectivity index (χ4n) is 5.11. The molecule has 3 atom stereocenters. The summed E-state index contributed by atoms with van der Waals surface area (Å²) < 4.78 is 47.0. The number of hydrogen-bond acceptors (Lipinski definition) is 6. The number of sulfonamides is 1. The molecule has 2 aliphatic rings. The monoisotopic (exact) mass is 555 g/mol. The van der Waals surface area contributed by atoms with Crippen molar-refractivity contribution >= 4 is 27.5 Å². The highest BCUT2D eigenvalue weighted by Crippen LogP contribution is 2.52. The standard InChI is InChI=1S/C29H30ClNO6S/c1-18-9-14-24-27(36-18)22-15-25(35-17-19-7-5-4-6-8-19)23(16-26(22)37-29(24,2)3)28(32)31-38(33,34)21-12-10-20(30)11-13-21/h4-8,10-13,15-16,18,24,27H,9,14,17H2,1-3H3,(H,31,32)/t18-,24-,27+/m0/s1. The third kappa shape index (κ3) is 5.39. The third-order valence-electron chi connectivity index (χ3n) is 7.15. The van der Waals surface area contributed by atoms with Gasteiger partial charge in [-0.05, 0) is 75.6 Å². The number of benzene rings is 3. The summed E-state index contributed by atoms with van der Waals surface area (Å²) in [6.45, 7) is 6.27. The maximum atomic E-state index is 13.4. The molecular weight excluding hydrogens is 526 g/mol. The Balaban J connectivity index is 1.53. The number of amides is 1. The van der Waals surface area contributed by atoms with Crippen LogP contribution in [0.25, 0.3) is 0 Å². The van der Waals surface area contributed by atoms with Gasteiger partial charge in [0, 0.05) is 16.5 Å². The number of hydrogen-bond donors (Lipinski definition) is 1. The molecule has 0 aromatic heterocycles. The first kappa shape index (κ1) is 26.5. The minimum Gasteiger partial charge on any atom is -0.488 e. The lowest BCUT2D eigenvalue weighted by Gasteiger charge is -2.48. The average Bonchev–Trinajstić information content (AvgIpc) is 2.87. The van der Waals surface area contributed by atoms with Crippen molar-refractivity contribution in [2.45, 2.75) is 62.9 Å². The van der Waals surface area contributed by atoms with E-state index < -0.39 is 21.5 Å². The highest BCUT2D eigenvalue weighted by Gasteiger charge is 2.47. The van der Waals surface area contributed by atoms with Gasteiger partial charge in [0.25, 0.3) is 15.9 Å². The molecule has 0 unspecified atom stereocenters. The topological polar surface area (TPSA) is 90.9 Å². The molecule has 0 aliphatic carbocycles. The van der Waals surface area contributed by atoms with Crippen molar-refractivity contribution < 1.29 is 27.4 Å². The molecule has 9 heteroatoms. The Bertz CT molecular complexity index is 1440. The maximum Gasteiger partial charge on any atom is 0.268 e. The van der Waals surface area contributed by atoms with Crippen LogP contribution in [-0.4, -0.2) is 26.0 Å². The summed E-state index contributed by atoms with van der Waals surface area (Å²) in [6.07, 6.45) is 1.73. The van der Waals surface area contributed by atoms with Crippen molar-refractivity contribution in [2.24, 2.45) is 5.92 Å². The van der Waals surface area contributed by atoms with E-state index in [0.717, 1.165) is 24.0 Å². The summed E-state index contributed by atoms with van der Waals surface area (Å²) in [4.78, 5) is 13.4. The summed E-state index contributed by atoms with van der Waals surface area (Å²) in [7, 11) is -4.16. The van der Waals surface area contributed by atoms with Crippen LogP contribution in [-0.2, 0) is 21.4 Å². The Morgan fingerprint density at radius 1 is 1.08 bits per heavy atom. The molecule has 0 radical (unpaired) electrons. The Hall–Kier alpha value is -3.07. The van der Waals surface area contributed by atoms with Gasteiger partial charge in [0.15, 0.2) is 0 Å². The zero-order valence-corrected chi connectivity index (χ0v) is 23.0. The summed E-state index contributed by atoms with van der Waals surface area (Å²) in [5.74, 6) is 0.0251. The predicted molar refractivity (Wildman–Crippen MR) is 144 cm³/mol. The van der Waals surface area contributed by atoms with Crippen LogP contribution < -0.4 is 14.2 Å². The van der Waals surface area contributed by atoms with E-state index >= 15 is 0 Å². The van der Waals surface area contributed by atoms with Gasteiger partial charge in [0.2, 0.25) is 0 Å². The largest absolute Gasteiger partial charge is 0.488 e. The maximum absolute atomic E-state index is 13.4. The molecule has 38 heavy (non-hydrogen) atoms. The van der Waals surface area contributed by atoms with Gasteiger partial charge in [-0.2, -0.15) is 0 Å². The molecule has 0 spiro atoms. The highest BCUT2D eigenvalue weighted by atomic mass is 35.5. The van der Waals surface area contributed by atoms with Crippen LogP contribution in [0.1, 0.15) is 61.2 Å². The van der Waals surface area contributed by atoms with E-state index in [4.69, 9.17) is 25.8 Å². The Labute approximate surface area is 228 Å². The van der Waals surface area contributed by atoms with E-state index in [1.807, 2.05) is 44.2 Å². The normalized spacial score (nSPS) is 21.9. The molecule has 2 heterocycles. The van der Waals surface area contributed by atoms with E-state index in [-0.39, 0.29) is 40.9 Å². The second-order valence-electron chi connectivity index (χ2n) is 10.3. The minimum atomic E-state index is -4.16. The van der Waals surface area contributed by atoms with Crippen molar-refractivity contribution in [2.75, 3.05) is 0 Å². The van der Waals surface area contributed by atoms with Crippen molar-refractivity contribution in [1.82, 2.24) is 4.72 Å². The zero-order valence-electron chi connectivity index (χ0n) is 21.4. The first-order valence-electron chi connectivity index (χ1n) is 12.6. The quantitative estimate of drug-likeness (QED) is 0.397. The van der Waals surface area contributed by atoms with Gasteiger partial charge >= 0.3 is 0 Å². The molecule has 3 aromatic carbocycles. The number of nitrogens with one attached hydrogen (secondary N) is 1. The number of fused-ring (bicyclic) bond motifs is 3. The van der Waals surface area contributed by atoms with Gasteiger partial charge in [-0.15, -0.1) is 0 Å². The van der Waals surface area contributed by atoms with Crippen LogP contribution >= 0.6 is 11.6 Å². The smallest absolute Gasteiger partial charge is 0.268 e. The summed E-state index contributed by atoms with van der Waals surface area (Å²) in [6, 6.07) is 18.4. The lowest BCUT2D eigenvalue weighted by atomic mass is 9.75. The molecule has 0 saturated carbocycles. The van der Waals surface area contributed by atoms with Crippen LogP contribution in [0.2, 0.25) is 5.02 Å². The molecule has 0 bridgehead atoms. The van der Waals surface area contributed by atoms with Crippen molar-refractivity contribution in [1.29, 1.82) is 0 Å². The Morgan fingerprint density at radius 3 is 2.50 bits per heavy atom. The lowest BCUT2D eigenvalue weighted by Crippen LogP contribution is -2.48. The van der Waals surface area contributed by atoms with Gasteiger partial charge in [0.1, 0.15) is 23.7 Å². The second-order valence-corrected chi connectivity index (χ2v) is 12.4. The molecule has 1 amide bonds. The molecule has 1 N–H and O–H groups in total. The summed E-state index contributed by atoms with van der Waals surface area (Å²) >= 11 is 5.89. The number of carbonyl (C=O) groups is 1. The summed E-state index contributed by atoms with van der Waals surface area (Å²) in [5.41, 5.74) is 1.22. The fourth-order valence-corrected chi connectivity index (χ4v) is 6.20. The van der Waals surface area contributed by atoms with Gasteiger partial charge in [0.05, 0.1) is 22.7 Å². The van der Waals surface area contributed by atoms with Gasteiger partial charge in [-0.25, -0.2) is 13.1 Å². The van der Waals surface area contributed by atoms with Gasteiger partial charge in [-0.3, -0.25) is 4.79 Å². The average molecular weight is 556 g/mol. The molecule has 2 aliphatic heterocycles. The number of rotatable bonds is 6. The Kier molecular flexibility index (Phi) is 7.15. The first-order valence-corrected chi connectivity index (χ1v) is 14.4. The van der Waals surface area contributed by atoms with Crippen molar-refractivity contribution in [3.05, 3.63) is 88.4 Å². The van der Waals surface area contributed by atoms with Crippen LogP contribution in [0.5, 0.6) is 11.5 Å². The molecule has 3 aromatic rings. The van der Waals surface area contributed by atoms with Crippen molar-refractivity contribution in [3.63, 3.8) is 0 Å². The third-order valence-corrected chi connectivity index (χ3v) is 8.74. The van der Waals surface area contributed by atoms with Gasteiger partial charge in [-0.1, -0.05) is 41.9 Å². The number of halogens is 1. The lowest BCUT2D eigenvalue weighted by molar-refractivity contribution is -0.144. The van der Waals surface area contributed by atoms with Crippen LogP contribution in [0, 0.1) is 5.92 Å². The predicted octanol–water partition coefficient (Wildman–Crippen LogP) is 6.06. The second kappa shape index (κ2) is 10.2. The Morgan fingerprint density at radius 2 is 1.79 bits per heavy atom. The minimum absolute atomic E-state index is 0.0512. The van der Waals surface area contributed by atoms with E-state index in [9.17, 15) is 13.2 Å². The van der Waals surface area contributed by atoms with Crippen molar-refractivity contribution in [3.8, 4) is 11.5 Å². The SMILES string of the molecule is C[C@H]1CC[C@H]2[C@H](O1)c1cc(OCc3ccccc3)c(C(=O)NS(=O)(=O)c3ccc(Cl)cc3)cc1OC2(C)C. The van der Waals surface area contributed by atoms with Crippen LogP contribution in [0.15, 0.2) is 71.6 Å². The summed E-state index contributed by atoms with van der Waals surface area (Å²) in [5, 5.41) is 0.388. The van der Waals surface area contributed by atoms with Crippen LogP contribution in [0.4, 0.5) is 0 Å².